The van der Waals surface area contributed by atoms with E-state index >= 15 is 0 Å². The molecule has 0 bridgehead atoms. The number of nitrogens with one attached hydrogen (secondary N) is 2. The molecule has 0 saturated carbocycles. The number of hydrogen-bond acceptors (Lipinski definition) is 4. The number of hydrogen-bond donors (Lipinski definition) is 2. The van der Waals surface area contributed by atoms with E-state index in [1.54, 1.807) is 18.2 Å². The van der Waals surface area contributed by atoms with Crippen LogP contribution in [0.25, 0.3) is 0 Å². The number of carbonyl (C=O) groups is 1. The van der Waals surface area contributed by atoms with E-state index in [0.717, 1.165) is 26.1 Å². The Bertz CT molecular complexity index is 475. The average molecular weight is 299 g/mol. The topological polar surface area (TPSA) is 59.6 Å². The van der Waals surface area contributed by atoms with Crippen molar-refractivity contribution in [3.05, 3.63) is 23.8 Å². The van der Waals surface area contributed by atoms with Crippen molar-refractivity contribution >= 4 is 18.3 Å². The average Bonchev–Trinajstić information content (AvgIpc) is 2.97. The molecule has 110 valence electrons. The van der Waals surface area contributed by atoms with Crippen molar-refractivity contribution in [1.29, 1.82) is 0 Å². The monoisotopic (exact) mass is 298 g/mol. The van der Waals surface area contributed by atoms with Gasteiger partial charge in [0, 0.05) is 12.1 Å². The van der Waals surface area contributed by atoms with E-state index in [4.69, 9.17) is 9.47 Å². The summed E-state index contributed by atoms with van der Waals surface area (Å²) in [4.78, 5) is 12.1. The minimum atomic E-state index is -0.0520. The molecule has 2 aliphatic heterocycles. The van der Waals surface area contributed by atoms with Gasteiger partial charge >= 0.3 is 0 Å². The van der Waals surface area contributed by atoms with Crippen LogP contribution in [0.1, 0.15) is 16.8 Å². The van der Waals surface area contributed by atoms with Crippen molar-refractivity contribution in [1.82, 2.24) is 10.6 Å². The molecule has 20 heavy (non-hydrogen) atoms. The third-order valence-electron chi connectivity index (χ3n) is 3.52. The van der Waals surface area contributed by atoms with Crippen molar-refractivity contribution in [2.24, 2.45) is 5.92 Å². The Morgan fingerprint density at radius 3 is 2.85 bits per heavy atom. The number of benzene rings is 1. The Kier molecular flexibility index (Phi) is 5.09. The molecule has 2 heterocycles. The second-order valence-electron chi connectivity index (χ2n) is 4.93. The Labute approximate surface area is 124 Å². The Morgan fingerprint density at radius 2 is 2.10 bits per heavy atom. The largest absolute Gasteiger partial charge is 0.486 e. The van der Waals surface area contributed by atoms with Crippen LogP contribution in [0.4, 0.5) is 0 Å². The quantitative estimate of drug-likeness (QED) is 0.881. The lowest BCUT2D eigenvalue weighted by atomic mass is 10.1. The van der Waals surface area contributed by atoms with E-state index in [-0.39, 0.29) is 18.3 Å². The maximum Gasteiger partial charge on any atom is 0.251 e. The predicted molar refractivity (Wildman–Crippen MR) is 78.0 cm³/mol. The van der Waals surface area contributed by atoms with Crippen LogP contribution >= 0.6 is 12.4 Å². The van der Waals surface area contributed by atoms with Crippen LogP contribution in [-0.2, 0) is 0 Å². The lowest BCUT2D eigenvalue weighted by Gasteiger charge is -2.19. The van der Waals surface area contributed by atoms with Crippen LogP contribution in [-0.4, -0.2) is 38.8 Å². The predicted octanol–water partition coefficient (Wildman–Crippen LogP) is 1.22. The molecule has 1 amide bonds. The third-order valence-corrected chi connectivity index (χ3v) is 3.52. The van der Waals surface area contributed by atoms with Gasteiger partial charge < -0.3 is 20.1 Å². The number of halogens is 1. The summed E-state index contributed by atoms with van der Waals surface area (Å²) in [6.45, 7) is 3.85. The standard InChI is InChI=1S/C14H18N2O3.ClH/c17-14(16-9-10-3-4-15-8-10)11-1-2-12-13(7-11)19-6-5-18-12;/h1-2,7,10,15H,3-6,8-9H2,(H,16,17);1H. The minimum Gasteiger partial charge on any atom is -0.486 e. The van der Waals surface area contributed by atoms with E-state index in [0.29, 0.717) is 36.2 Å². The molecule has 0 aromatic heterocycles. The molecule has 1 atom stereocenters. The van der Waals surface area contributed by atoms with Gasteiger partial charge in [-0.2, -0.15) is 0 Å². The molecule has 1 aromatic carbocycles. The number of carbonyl (C=O) groups excluding carboxylic acids is 1. The van der Waals surface area contributed by atoms with Crippen LogP contribution in [0.3, 0.4) is 0 Å². The highest BCUT2D eigenvalue weighted by atomic mass is 35.5. The summed E-state index contributed by atoms with van der Waals surface area (Å²) in [6.07, 6.45) is 1.13. The van der Waals surface area contributed by atoms with Crippen molar-refractivity contribution in [2.45, 2.75) is 6.42 Å². The van der Waals surface area contributed by atoms with E-state index in [9.17, 15) is 4.79 Å². The van der Waals surface area contributed by atoms with Gasteiger partial charge in [-0.15, -0.1) is 12.4 Å². The molecule has 6 heteroatoms. The van der Waals surface area contributed by atoms with Crippen LogP contribution in [0.15, 0.2) is 18.2 Å². The zero-order valence-electron chi connectivity index (χ0n) is 11.2. The van der Waals surface area contributed by atoms with Crippen LogP contribution in [0, 0.1) is 5.92 Å². The molecule has 1 fully saturated rings. The summed E-state index contributed by atoms with van der Waals surface area (Å²) in [5.74, 6) is 1.86. The van der Waals surface area contributed by atoms with Gasteiger partial charge in [-0.1, -0.05) is 0 Å². The van der Waals surface area contributed by atoms with Crippen molar-refractivity contribution in [3.63, 3.8) is 0 Å². The highest BCUT2D eigenvalue weighted by Crippen LogP contribution is 2.30. The van der Waals surface area contributed by atoms with Gasteiger partial charge in [-0.05, 0) is 43.6 Å². The third kappa shape index (κ3) is 3.35. The molecular formula is C14H19ClN2O3. The van der Waals surface area contributed by atoms with Crippen LogP contribution < -0.4 is 20.1 Å². The van der Waals surface area contributed by atoms with E-state index in [1.807, 2.05) is 0 Å². The summed E-state index contributed by atoms with van der Waals surface area (Å²) >= 11 is 0. The first-order valence-electron chi connectivity index (χ1n) is 6.71. The Balaban J connectivity index is 0.00000147. The van der Waals surface area contributed by atoms with E-state index in [2.05, 4.69) is 10.6 Å². The molecule has 2 N–H and O–H groups in total. The molecule has 2 aliphatic rings. The molecule has 1 saturated heterocycles. The lowest BCUT2D eigenvalue weighted by molar-refractivity contribution is 0.0947. The summed E-state index contributed by atoms with van der Waals surface area (Å²) in [5.41, 5.74) is 0.621. The molecule has 3 rings (SSSR count). The van der Waals surface area contributed by atoms with Gasteiger partial charge in [0.05, 0.1) is 0 Å². The molecule has 5 nitrogen and oxygen atoms in total. The fourth-order valence-electron chi connectivity index (χ4n) is 2.41. The fourth-order valence-corrected chi connectivity index (χ4v) is 2.41. The first-order valence-corrected chi connectivity index (χ1v) is 6.71. The summed E-state index contributed by atoms with van der Waals surface area (Å²) < 4.78 is 10.9. The maximum atomic E-state index is 12.1. The molecule has 0 spiro atoms. The number of fused-ring (bicyclic) bond motifs is 1. The molecule has 0 radical (unpaired) electrons. The number of amides is 1. The van der Waals surface area contributed by atoms with Gasteiger partial charge in [0.2, 0.25) is 0 Å². The first kappa shape index (κ1) is 14.9. The van der Waals surface area contributed by atoms with Crippen LogP contribution in [0.5, 0.6) is 11.5 Å². The van der Waals surface area contributed by atoms with Gasteiger partial charge in [0.15, 0.2) is 11.5 Å². The van der Waals surface area contributed by atoms with Crippen LogP contribution in [0.2, 0.25) is 0 Å². The highest BCUT2D eigenvalue weighted by molar-refractivity contribution is 5.94. The number of rotatable bonds is 3. The molecule has 0 aliphatic carbocycles. The number of ether oxygens (including phenoxy) is 2. The van der Waals surface area contributed by atoms with Crippen molar-refractivity contribution in [2.75, 3.05) is 32.8 Å². The van der Waals surface area contributed by atoms with Gasteiger partial charge in [-0.25, -0.2) is 0 Å². The fraction of sp³-hybridized carbons (Fsp3) is 0.500. The summed E-state index contributed by atoms with van der Waals surface area (Å²) in [7, 11) is 0. The zero-order chi connectivity index (χ0) is 13.1. The lowest BCUT2D eigenvalue weighted by Crippen LogP contribution is -2.30. The Hall–Kier alpha value is -1.46. The minimum absolute atomic E-state index is 0. The van der Waals surface area contributed by atoms with Crippen molar-refractivity contribution < 1.29 is 14.3 Å². The van der Waals surface area contributed by atoms with E-state index in [1.165, 1.54) is 0 Å². The maximum absolute atomic E-state index is 12.1. The van der Waals surface area contributed by atoms with E-state index < -0.39 is 0 Å². The molecule has 1 aromatic rings. The molecular weight excluding hydrogens is 280 g/mol. The summed E-state index contributed by atoms with van der Waals surface area (Å²) in [6, 6.07) is 5.31. The first-order chi connectivity index (χ1) is 9.33. The highest BCUT2D eigenvalue weighted by Gasteiger charge is 2.17. The smallest absolute Gasteiger partial charge is 0.251 e. The van der Waals surface area contributed by atoms with Crippen molar-refractivity contribution in [3.8, 4) is 11.5 Å². The second kappa shape index (κ2) is 6.81. The Morgan fingerprint density at radius 1 is 1.30 bits per heavy atom. The SMILES string of the molecule is Cl.O=C(NCC1CCNC1)c1ccc2c(c1)OCCO2. The van der Waals surface area contributed by atoms with Gasteiger partial charge in [-0.3, -0.25) is 4.79 Å². The van der Waals surface area contributed by atoms with Gasteiger partial charge in [0.25, 0.3) is 5.91 Å². The van der Waals surface area contributed by atoms with Gasteiger partial charge in [0.1, 0.15) is 13.2 Å². The molecule has 1 unspecified atom stereocenters. The second-order valence-corrected chi connectivity index (χ2v) is 4.93. The zero-order valence-corrected chi connectivity index (χ0v) is 12.0. The normalized spacial score (nSPS) is 20.1. The summed E-state index contributed by atoms with van der Waals surface area (Å²) in [5, 5.41) is 6.26.